The molecule has 2 aromatic carbocycles. The molecule has 134 valence electrons. The Hall–Kier alpha value is -2.35. The molecule has 4 heteroatoms. The maximum absolute atomic E-state index is 11.4. The molecule has 2 aliphatic heterocycles. The Labute approximate surface area is 154 Å². The van der Waals surface area contributed by atoms with E-state index in [1.165, 1.54) is 5.56 Å². The van der Waals surface area contributed by atoms with Gasteiger partial charge in [-0.1, -0.05) is 36.4 Å². The van der Waals surface area contributed by atoms with Gasteiger partial charge in [0.25, 0.3) is 0 Å². The van der Waals surface area contributed by atoms with Crippen molar-refractivity contribution in [1.29, 1.82) is 5.26 Å². The summed E-state index contributed by atoms with van der Waals surface area (Å²) in [6, 6.07) is 19.0. The summed E-state index contributed by atoms with van der Waals surface area (Å²) in [6.45, 7) is 0.943. The van der Waals surface area contributed by atoms with E-state index in [1.54, 1.807) is 19.2 Å². The smallest absolute Gasteiger partial charge is 0.136 e. The normalized spacial score (nSPS) is 27.9. The van der Waals surface area contributed by atoms with Crippen molar-refractivity contribution >= 4 is 0 Å². The molecular formula is C22H24N2O2. The van der Waals surface area contributed by atoms with Crippen molar-refractivity contribution in [3.05, 3.63) is 65.2 Å². The molecule has 1 N–H and O–H groups in total. The first kappa shape index (κ1) is 17.1. The lowest BCUT2D eigenvalue weighted by Crippen LogP contribution is -2.49. The highest BCUT2D eigenvalue weighted by molar-refractivity contribution is 5.47. The molecule has 2 atom stereocenters. The number of methoxy groups -OCH3 is 1. The quantitative estimate of drug-likeness (QED) is 0.917. The molecule has 0 aromatic heterocycles. The van der Waals surface area contributed by atoms with Crippen LogP contribution in [-0.2, 0) is 12.1 Å². The van der Waals surface area contributed by atoms with Crippen molar-refractivity contribution in [2.75, 3.05) is 7.11 Å². The van der Waals surface area contributed by atoms with Gasteiger partial charge in [-0.25, -0.2) is 0 Å². The van der Waals surface area contributed by atoms with Crippen LogP contribution in [0.2, 0.25) is 0 Å². The van der Waals surface area contributed by atoms with Crippen LogP contribution in [0.3, 0.4) is 0 Å². The zero-order valence-corrected chi connectivity index (χ0v) is 15.1. The average molecular weight is 348 g/mol. The first-order chi connectivity index (χ1) is 12.6. The molecule has 2 saturated heterocycles. The van der Waals surface area contributed by atoms with Gasteiger partial charge in [0.1, 0.15) is 11.8 Å². The highest BCUT2D eigenvalue weighted by atomic mass is 16.5. The van der Waals surface area contributed by atoms with Crippen molar-refractivity contribution in [3.63, 3.8) is 0 Å². The molecule has 0 spiro atoms. The second-order valence-corrected chi connectivity index (χ2v) is 7.51. The summed E-state index contributed by atoms with van der Waals surface area (Å²) >= 11 is 0. The standard InChI is InChI=1S/C22H24N2O2/c1-26-21-10-7-18(11-17(21)14-23)22(25)12-19-8-9-20(13-22)24(19)15-16-5-3-2-4-6-16/h2-7,10-11,19-20,25H,8-9,12-13,15H2,1H3. The maximum Gasteiger partial charge on any atom is 0.136 e. The van der Waals surface area contributed by atoms with E-state index in [2.05, 4.69) is 35.2 Å². The molecule has 2 bridgehead atoms. The zero-order valence-electron chi connectivity index (χ0n) is 15.1. The van der Waals surface area contributed by atoms with Gasteiger partial charge >= 0.3 is 0 Å². The summed E-state index contributed by atoms with van der Waals surface area (Å²) in [7, 11) is 1.56. The number of rotatable bonds is 4. The fourth-order valence-corrected chi connectivity index (χ4v) is 4.69. The van der Waals surface area contributed by atoms with Crippen LogP contribution >= 0.6 is 0 Å². The molecule has 4 rings (SSSR count). The highest BCUT2D eigenvalue weighted by Gasteiger charge is 2.48. The SMILES string of the molecule is COc1ccc(C2(O)CC3CCC(C2)N3Cc2ccccc2)cc1C#N. The molecule has 0 radical (unpaired) electrons. The van der Waals surface area contributed by atoms with Gasteiger partial charge in [0.15, 0.2) is 0 Å². The average Bonchev–Trinajstić information content (AvgIpc) is 2.92. The Morgan fingerprint density at radius 1 is 1.15 bits per heavy atom. The lowest BCUT2D eigenvalue weighted by atomic mass is 9.80. The van der Waals surface area contributed by atoms with E-state index in [0.717, 1.165) is 24.9 Å². The minimum atomic E-state index is -0.864. The fourth-order valence-electron chi connectivity index (χ4n) is 4.69. The number of nitrogens with zero attached hydrogens (tertiary/aromatic N) is 2. The van der Waals surface area contributed by atoms with Crippen molar-refractivity contribution in [2.45, 2.75) is 49.9 Å². The number of piperidine rings is 1. The minimum absolute atomic E-state index is 0.381. The molecule has 4 nitrogen and oxygen atoms in total. The summed E-state index contributed by atoms with van der Waals surface area (Å²) in [5.41, 5.74) is 1.78. The van der Waals surface area contributed by atoms with Crippen LogP contribution in [0.5, 0.6) is 5.75 Å². The summed E-state index contributed by atoms with van der Waals surface area (Å²) in [5.74, 6) is 0.560. The number of aliphatic hydroxyl groups is 1. The Balaban J connectivity index is 1.57. The summed E-state index contributed by atoms with van der Waals surface area (Å²) in [5, 5.41) is 20.8. The van der Waals surface area contributed by atoms with Gasteiger partial charge in [-0.15, -0.1) is 0 Å². The van der Waals surface area contributed by atoms with Crippen LogP contribution in [-0.4, -0.2) is 29.2 Å². The monoisotopic (exact) mass is 348 g/mol. The number of fused-ring (bicyclic) bond motifs is 2. The van der Waals surface area contributed by atoms with Gasteiger partial charge in [-0.05, 0) is 48.9 Å². The summed E-state index contributed by atoms with van der Waals surface area (Å²) in [6.07, 6.45) is 3.68. The number of ether oxygens (including phenoxy) is 1. The Bertz CT molecular complexity index is 814. The topological polar surface area (TPSA) is 56.5 Å². The Morgan fingerprint density at radius 3 is 2.46 bits per heavy atom. The lowest BCUT2D eigenvalue weighted by Gasteiger charge is -2.44. The Morgan fingerprint density at radius 2 is 1.85 bits per heavy atom. The molecule has 0 aliphatic carbocycles. The van der Waals surface area contributed by atoms with Gasteiger partial charge in [0.2, 0.25) is 0 Å². The number of benzene rings is 2. The number of nitriles is 1. The molecule has 26 heavy (non-hydrogen) atoms. The van der Waals surface area contributed by atoms with Gasteiger partial charge in [0, 0.05) is 18.6 Å². The van der Waals surface area contributed by atoms with Crippen molar-refractivity contribution < 1.29 is 9.84 Å². The lowest BCUT2D eigenvalue weighted by molar-refractivity contribution is -0.0595. The molecule has 2 aromatic rings. The molecule has 2 heterocycles. The maximum atomic E-state index is 11.4. The first-order valence-electron chi connectivity index (χ1n) is 9.23. The minimum Gasteiger partial charge on any atom is -0.495 e. The fraction of sp³-hybridized carbons (Fsp3) is 0.409. The number of hydrogen-bond donors (Lipinski definition) is 1. The Kier molecular flexibility index (Phi) is 4.44. The summed E-state index contributed by atoms with van der Waals surface area (Å²) in [4.78, 5) is 2.55. The summed E-state index contributed by atoms with van der Waals surface area (Å²) < 4.78 is 5.24. The third-order valence-corrected chi connectivity index (χ3v) is 5.98. The van der Waals surface area contributed by atoms with Crippen LogP contribution in [0, 0.1) is 11.3 Å². The van der Waals surface area contributed by atoms with Gasteiger partial charge in [-0.3, -0.25) is 4.90 Å². The van der Waals surface area contributed by atoms with E-state index in [0.29, 0.717) is 36.2 Å². The third kappa shape index (κ3) is 2.98. The van der Waals surface area contributed by atoms with E-state index in [9.17, 15) is 10.4 Å². The second kappa shape index (κ2) is 6.75. The van der Waals surface area contributed by atoms with E-state index >= 15 is 0 Å². The van der Waals surface area contributed by atoms with Crippen LogP contribution in [0.4, 0.5) is 0 Å². The van der Waals surface area contributed by atoms with Crippen LogP contribution in [0.1, 0.15) is 42.4 Å². The molecule has 0 saturated carbocycles. The molecule has 2 aliphatic rings. The first-order valence-corrected chi connectivity index (χ1v) is 9.23. The zero-order chi connectivity index (χ0) is 18.1. The van der Waals surface area contributed by atoms with Crippen LogP contribution in [0.25, 0.3) is 0 Å². The molecule has 2 fully saturated rings. The van der Waals surface area contributed by atoms with Crippen molar-refractivity contribution in [2.24, 2.45) is 0 Å². The van der Waals surface area contributed by atoms with E-state index in [-0.39, 0.29) is 0 Å². The van der Waals surface area contributed by atoms with Crippen LogP contribution < -0.4 is 4.74 Å². The van der Waals surface area contributed by atoms with Crippen molar-refractivity contribution in [1.82, 2.24) is 4.90 Å². The van der Waals surface area contributed by atoms with E-state index in [1.807, 2.05) is 12.1 Å². The third-order valence-electron chi connectivity index (χ3n) is 5.98. The predicted octanol–water partition coefficient (Wildman–Crippen LogP) is 3.58. The van der Waals surface area contributed by atoms with E-state index in [4.69, 9.17) is 4.74 Å². The van der Waals surface area contributed by atoms with Gasteiger partial charge in [-0.2, -0.15) is 5.26 Å². The molecule has 0 amide bonds. The largest absolute Gasteiger partial charge is 0.495 e. The van der Waals surface area contributed by atoms with Gasteiger partial charge in [0.05, 0.1) is 18.3 Å². The van der Waals surface area contributed by atoms with Crippen molar-refractivity contribution in [3.8, 4) is 11.8 Å². The molecular weight excluding hydrogens is 324 g/mol. The predicted molar refractivity (Wildman–Crippen MR) is 99.6 cm³/mol. The van der Waals surface area contributed by atoms with Gasteiger partial charge < -0.3 is 9.84 Å². The number of hydrogen-bond acceptors (Lipinski definition) is 4. The van der Waals surface area contributed by atoms with Crippen LogP contribution in [0.15, 0.2) is 48.5 Å². The second-order valence-electron chi connectivity index (χ2n) is 7.51. The highest BCUT2D eigenvalue weighted by Crippen LogP contribution is 2.46. The molecule has 2 unspecified atom stereocenters. The van der Waals surface area contributed by atoms with E-state index < -0.39 is 5.60 Å².